The second kappa shape index (κ2) is 6.24. The van der Waals surface area contributed by atoms with Crippen LogP contribution in [0.25, 0.3) is 0 Å². The minimum absolute atomic E-state index is 0.431. The van der Waals surface area contributed by atoms with Gasteiger partial charge in [-0.25, -0.2) is 0 Å². The molecule has 2 nitrogen and oxygen atoms in total. The molecule has 18 heavy (non-hydrogen) atoms. The summed E-state index contributed by atoms with van der Waals surface area (Å²) in [5.74, 6) is 1.47. The van der Waals surface area contributed by atoms with E-state index in [9.17, 15) is 0 Å². The summed E-state index contributed by atoms with van der Waals surface area (Å²) in [5, 5.41) is 3.57. The van der Waals surface area contributed by atoms with E-state index >= 15 is 0 Å². The molecule has 0 spiro atoms. The number of nitrogens with one attached hydrogen (secondary N) is 1. The van der Waals surface area contributed by atoms with Crippen LogP contribution in [0.5, 0.6) is 5.75 Å². The Kier molecular flexibility index (Phi) is 5.21. The summed E-state index contributed by atoms with van der Waals surface area (Å²) in [6.45, 7) is 13.1. The van der Waals surface area contributed by atoms with E-state index in [1.54, 1.807) is 7.11 Å². The van der Waals surface area contributed by atoms with Crippen LogP contribution < -0.4 is 10.1 Å². The van der Waals surface area contributed by atoms with Crippen molar-refractivity contribution >= 4 is 0 Å². The smallest absolute Gasteiger partial charge is 0.125 e. The summed E-state index contributed by atoms with van der Waals surface area (Å²) >= 11 is 0. The number of hydrogen-bond acceptors (Lipinski definition) is 2. The van der Waals surface area contributed by atoms with Crippen LogP contribution in [0.1, 0.15) is 50.3 Å². The van der Waals surface area contributed by atoms with E-state index in [1.807, 2.05) is 0 Å². The molecular weight excluding hydrogens is 222 g/mol. The molecule has 2 heteroatoms. The summed E-state index contributed by atoms with van der Waals surface area (Å²) in [5.41, 5.74) is 3.83. The van der Waals surface area contributed by atoms with Gasteiger partial charge < -0.3 is 10.1 Å². The third-order valence-electron chi connectivity index (χ3n) is 3.75. The Morgan fingerprint density at radius 1 is 1.06 bits per heavy atom. The lowest BCUT2D eigenvalue weighted by Crippen LogP contribution is -2.36. The summed E-state index contributed by atoms with van der Waals surface area (Å²) in [6, 6.07) is 5.32. The molecule has 1 N–H and O–H groups in total. The molecule has 1 aromatic carbocycles. The van der Waals surface area contributed by atoms with Gasteiger partial charge in [0.2, 0.25) is 0 Å². The first-order valence-electron chi connectivity index (χ1n) is 6.78. The monoisotopic (exact) mass is 249 g/mol. The van der Waals surface area contributed by atoms with Gasteiger partial charge in [-0.1, -0.05) is 32.9 Å². The van der Waals surface area contributed by atoms with Crippen molar-refractivity contribution in [2.75, 3.05) is 7.11 Å². The molecule has 0 aromatic heterocycles. The summed E-state index contributed by atoms with van der Waals surface area (Å²) < 4.78 is 5.61. The molecule has 0 fully saturated rings. The lowest BCUT2D eigenvalue weighted by atomic mass is 9.90. The maximum Gasteiger partial charge on any atom is 0.125 e. The fourth-order valence-corrected chi connectivity index (χ4v) is 2.38. The Balaban J connectivity index is 3.05. The first-order valence-corrected chi connectivity index (χ1v) is 6.78. The molecule has 0 amide bonds. The summed E-state index contributed by atoms with van der Waals surface area (Å²) in [7, 11) is 1.76. The van der Waals surface area contributed by atoms with Crippen LogP contribution >= 0.6 is 0 Å². The van der Waals surface area contributed by atoms with Gasteiger partial charge >= 0.3 is 0 Å². The quantitative estimate of drug-likeness (QED) is 0.857. The molecule has 0 saturated carbocycles. The number of rotatable bonds is 5. The van der Waals surface area contributed by atoms with Gasteiger partial charge in [-0.15, -0.1) is 0 Å². The molecule has 0 aliphatic carbocycles. The van der Waals surface area contributed by atoms with Crippen LogP contribution in [-0.2, 0) is 0 Å². The zero-order valence-corrected chi connectivity index (χ0v) is 12.8. The fraction of sp³-hybridized carbons (Fsp3) is 0.625. The van der Waals surface area contributed by atoms with E-state index in [2.05, 4.69) is 59.0 Å². The van der Waals surface area contributed by atoms with Crippen molar-refractivity contribution in [1.29, 1.82) is 0 Å². The molecule has 1 rings (SSSR count). The normalized spacial score (nSPS) is 14.7. The minimum atomic E-state index is 0.431. The zero-order valence-electron chi connectivity index (χ0n) is 12.8. The van der Waals surface area contributed by atoms with E-state index in [0.29, 0.717) is 18.0 Å². The first-order chi connectivity index (χ1) is 8.38. The van der Waals surface area contributed by atoms with Gasteiger partial charge in [0.15, 0.2) is 0 Å². The van der Waals surface area contributed by atoms with E-state index in [0.717, 1.165) is 5.75 Å². The number of benzene rings is 1. The second-order valence-electron chi connectivity index (χ2n) is 5.53. The molecule has 0 aliphatic heterocycles. The third kappa shape index (κ3) is 3.26. The van der Waals surface area contributed by atoms with E-state index in [4.69, 9.17) is 4.74 Å². The summed E-state index contributed by atoms with van der Waals surface area (Å²) in [4.78, 5) is 0. The van der Waals surface area contributed by atoms with Gasteiger partial charge in [0, 0.05) is 12.1 Å². The molecule has 2 unspecified atom stereocenters. The van der Waals surface area contributed by atoms with Crippen LogP contribution in [0.3, 0.4) is 0 Å². The topological polar surface area (TPSA) is 21.3 Å². The Morgan fingerprint density at radius 3 is 2.17 bits per heavy atom. The molecule has 0 radical (unpaired) electrons. The van der Waals surface area contributed by atoms with E-state index < -0.39 is 0 Å². The average Bonchev–Trinajstić information content (AvgIpc) is 2.30. The van der Waals surface area contributed by atoms with Gasteiger partial charge in [-0.05, 0) is 43.4 Å². The molecule has 102 valence electrons. The van der Waals surface area contributed by atoms with E-state index in [-0.39, 0.29) is 0 Å². The first kappa shape index (κ1) is 15.0. The maximum absolute atomic E-state index is 5.61. The summed E-state index contributed by atoms with van der Waals surface area (Å²) in [6.07, 6.45) is 0. The third-order valence-corrected chi connectivity index (χ3v) is 3.75. The van der Waals surface area contributed by atoms with Crippen molar-refractivity contribution in [1.82, 2.24) is 5.32 Å². The van der Waals surface area contributed by atoms with Crippen LogP contribution in [0.4, 0.5) is 0 Å². The molecule has 0 heterocycles. The molecule has 0 saturated heterocycles. The Bertz CT molecular complexity index is 398. The van der Waals surface area contributed by atoms with Crippen LogP contribution in [0.15, 0.2) is 12.1 Å². The van der Waals surface area contributed by atoms with Crippen LogP contribution in [0.2, 0.25) is 0 Å². The van der Waals surface area contributed by atoms with Crippen molar-refractivity contribution in [3.05, 3.63) is 28.8 Å². The lowest BCUT2D eigenvalue weighted by Gasteiger charge is -2.26. The fourth-order valence-electron chi connectivity index (χ4n) is 2.38. The highest BCUT2D eigenvalue weighted by molar-refractivity contribution is 5.47. The van der Waals surface area contributed by atoms with Gasteiger partial charge in [-0.2, -0.15) is 0 Å². The Labute approximate surface area is 112 Å². The van der Waals surface area contributed by atoms with E-state index in [1.165, 1.54) is 16.7 Å². The molecule has 0 bridgehead atoms. The Morgan fingerprint density at radius 2 is 1.67 bits per heavy atom. The SMILES string of the molecule is COc1c(C(C)C(C)NC(C)C)ccc(C)c1C. The molecule has 2 atom stereocenters. The predicted octanol–water partition coefficient (Wildman–Crippen LogP) is 3.80. The number of aryl methyl sites for hydroxylation is 1. The largest absolute Gasteiger partial charge is 0.496 e. The van der Waals surface area contributed by atoms with Crippen LogP contribution in [-0.4, -0.2) is 19.2 Å². The lowest BCUT2D eigenvalue weighted by molar-refractivity contribution is 0.387. The van der Waals surface area contributed by atoms with Gasteiger partial charge in [-0.3, -0.25) is 0 Å². The van der Waals surface area contributed by atoms with Gasteiger partial charge in [0.25, 0.3) is 0 Å². The number of methoxy groups -OCH3 is 1. The van der Waals surface area contributed by atoms with Crippen molar-refractivity contribution in [2.45, 2.75) is 59.5 Å². The molecular formula is C16H27NO. The highest BCUT2D eigenvalue weighted by Crippen LogP contribution is 2.33. The minimum Gasteiger partial charge on any atom is -0.496 e. The van der Waals surface area contributed by atoms with Gasteiger partial charge in [0.05, 0.1) is 7.11 Å². The van der Waals surface area contributed by atoms with Crippen molar-refractivity contribution in [2.24, 2.45) is 0 Å². The number of ether oxygens (including phenoxy) is 1. The van der Waals surface area contributed by atoms with Gasteiger partial charge in [0.1, 0.15) is 5.75 Å². The molecule has 0 aliphatic rings. The van der Waals surface area contributed by atoms with Crippen molar-refractivity contribution in [3.63, 3.8) is 0 Å². The second-order valence-corrected chi connectivity index (χ2v) is 5.53. The highest BCUT2D eigenvalue weighted by Gasteiger charge is 2.20. The maximum atomic E-state index is 5.61. The van der Waals surface area contributed by atoms with Crippen molar-refractivity contribution < 1.29 is 4.74 Å². The molecule has 1 aromatic rings. The number of hydrogen-bond donors (Lipinski definition) is 1. The zero-order chi connectivity index (χ0) is 13.9. The van der Waals surface area contributed by atoms with Crippen molar-refractivity contribution in [3.8, 4) is 5.75 Å². The Hall–Kier alpha value is -1.02. The highest BCUT2D eigenvalue weighted by atomic mass is 16.5. The average molecular weight is 249 g/mol. The standard InChI is InChI=1S/C16H27NO/c1-10(2)17-14(6)13(5)15-9-8-11(3)12(4)16(15)18-7/h8-10,13-14,17H,1-7H3. The predicted molar refractivity (Wildman–Crippen MR) is 78.6 cm³/mol. The van der Waals surface area contributed by atoms with Crippen LogP contribution in [0, 0.1) is 13.8 Å².